The van der Waals surface area contributed by atoms with E-state index in [1.54, 1.807) is 44.4 Å². The number of aliphatic hydroxyl groups is 1. The van der Waals surface area contributed by atoms with E-state index in [0.29, 0.717) is 24.2 Å². The number of nitrogens with one attached hydrogen (secondary N) is 4. The van der Waals surface area contributed by atoms with E-state index in [1.165, 1.54) is 9.80 Å². The molecule has 2 heterocycles. The van der Waals surface area contributed by atoms with Gasteiger partial charge >= 0.3 is 0 Å². The predicted octanol–water partition coefficient (Wildman–Crippen LogP) is 1.77. The number of rotatable bonds is 12. The number of ether oxygens (including phenoxy) is 2. The quantitative estimate of drug-likeness (QED) is 0.213. The van der Waals surface area contributed by atoms with Crippen LogP contribution in [0.1, 0.15) is 81.9 Å². The Hall–Kier alpha value is -5.02. The third-order valence-electron chi connectivity index (χ3n) is 10.9. The zero-order chi connectivity index (χ0) is 40.9. The van der Waals surface area contributed by atoms with E-state index in [2.05, 4.69) is 21.3 Å². The molecule has 5 rings (SSSR count). The highest BCUT2D eigenvalue weighted by Crippen LogP contribution is 2.30. The van der Waals surface area contributed by atoms with Crippen LogP contribution in [0.15, 0.2) is 54.6 Å². The number of fused-ring (bicyclic) bond motifs is 4. The van der Waals surface area contributed by atoms with Crippen molar-refractivity contribution in [1.82, 2.24) is 31.1 Å². The summed E-state index contributed by atoms with van der Waals surface area (Å²) in [5.74, 6) is -2.51. The fraction of sp³-hybridized carbons (Fsp3) is 0.571. The van der Waals surface area contributed by atoms with Crippen LogP contribution in [0.5, 0.6) is 5.75 Å². The maximum Gasteiger partial charge on any atom is 0.251 e. The van der Waals surface area contributed by atoms with Crippen molar-refractivity contribution in [1.29, 1.82) is 0 Å². The van der Waals surface area contributed by atoms with Crippen molar-refractivity contribution in [2.45, 2.75) is 108 Å². The minimum atomic E-state index is -1.73. The van der Waals surface area contributed by atoms with Gasteiger partial charge in [0.25, 0.3) is 5.91 Å². The maximum absolute atomic E-state index is 14.5. The van der Waals surface area contributed by atoms with Gasteiger partial charge in [0.15, 0.2) is 6.10 Å². The van der Waals surface area contributed by atoms with E-state index in [9.17, 15) is 33.9 Å². The third kappa shape index (κ3) is 12.0. The van der Waals surface area contributed by atoms with Crippen molar-refractivity contribution in [3.05, 3.63) is 65.7 Å². The molecule has 1 saturated heterocycles. The third-order valence-corrected chi connectivity index (χ3v) is 10.9. The molecule has 1 aliphatic carbocycles. The van der Waals surface area contributed by atoms with Gasteiger partial charge in [-0.3, -0.25) is 28.8 Å². The monoisotopic (exact) mass is 790 g/mol. The molecule has 2 fully saturated rings. The van der Waals surface area contributed by atoms with E-state index in [1.807, 2.05) is 31.2 Å². The van der Waals surface area contributed by atoms with Gasteiger partial charge in [-0.2, -0.15) is 0 Å². The lowest BCUT2D eigenvalue weighted by atomic mass is 9.83. The summed E-state index contributed by atoms with van der Waals surface area (Å²) in [6.07, 6.45) is 3.77. The molecule has 310 valence electrons. The zero-order valence-electron chi connectivity index (χ0n) is 33.2. The molecular weight excluding hydrogens is 732 g/mol. The van der Waals surface area contributed by atoms with Crippen molar-refractivity contribution in [2.75, 3.05) is 40.4 Å². The van der Waals surface area contributed by atoms with E-state index < -0.39 is 60.6 Å². The summed E-state index contributed by atoms with van der Waals surface area (Å²) in [7, 11) is 3.14. The number of carbonyl (C=O) groups is 6. The lowest BCUT2D eigenvalue weighted by Crippen LogP contribution is -2.58. The van der Waals surface area contributed by atoms with Gasteiger partial charge in [-0.1, -0.05) is 75.1 Å². The molecule has 0 radical (unpaired) electrons. The number of amides is 6. The molecule has 3 aliphatic rings. The number of nitrogens with zero attached hydrogens (tertiary/aromatic N) is 2. The molecule has 2 aromatic rings. The van der Waals surface area contributed by atoms with Gasteiger partial charge in [-0.15, -0.1) is 0 Å². The first-order valence-electron chi connectivity index (χ1n) is 20.2. The molecule has 4 bridgehead atoms. The molecule has 1 saturated carbocycles. The van der Waals surface area contributed by atoms with Crippen LogP contribution in [-0.2, 0) is 39.9 Å². The number of aryl methyl sites for hydroxylation is 1. The van der Waals surface area contributed by atoms with Crippen LogP contribution in [0.25, 0.3) is 0 Å². The van der Waals surface area contributed by atoms with Gasteiger partial charge in [0.05, 0.1) is 25.3 Å². The lowest BCUT2D eigenvalue weighted by molar-refractivity contribution is -0.144. The second-order valence-corrected chi connectivity index (χ2v) is 15.4. The molecule has 6 amide bonds. The summed E-state index contributed by atoms with van der Waals surface area (Å²) >= 11 is 0. The number of benzene rings is 2. The van der Waals surface area contributed by atoms with Gasteiger partial charge < -0.3 is 45.6 Å². The number of likely N-dealkylation sites (N-methyl/N-ethyl adjacent to an activating group) is 1. The van der Waals surface area contributed by atoms with Gasteiger partial charge in [0, 0.05) is 33.5 Å². The second kappa shape index (κ2) is 20.9. The van der Waals surface area contributed by atoms with Crippen molar-refractivity contribution >= 4 is 35.4 Å². The summed E-state index contributed by atoms with van der Waals surface area (Å²) in [4.78, 5) is 84.0. The van der Waals surface area contributed by atoms with Crippen molar-refractivity contribution in [2.24, 2.45) is 5.92 Å². The Morgan fingerprint density at radius 1 is 0.965 bits per heavy atom. The van der Waals surface area contributed by atoms with Crippen LogP contribution in [0.4, 0.5) is 0 Å². The highest BCUT2D eigenvalue weighted by atomic mass is 16.5. The Labute approximate surface area is 334 Å². The average molecular weight is 791 g/mol. The molecule has 6 atom stereocenters. The number of hydrogen-bond acceptors (Lipinski definition) is 9. The molecule has 2 aromatic carbocycles. The fourth-order valence-corrected chi connectivity index (χ4v) is 7.86. The van der Waals surface area contributed by atoms with Crippen LogP contribution in [0.3, 0.4) is 0 Å². The molecular formula is C42H58N6O9. The van der Waals surface area contributed by atoms with Gasteiger partial charge in [0.2, 0.25) is 29.5 Å². The highest BCUT2D eigenvalue weighted by Gasteiger charge is 2.45. The van der Waals surface area contributed by atoms with Crippen molar-refractivity contribution in [3.63, 3.8) is 0 Å². The summed E-state index contributed by atoms with van der Waals surface area (Å²) in [5, 5.41) is 22.1. The summed E-state index contributed by atoms with van der Waals surface area (Å²) < 4.78 is 12.1. The highest BCUT2D eigenvalue weighted by molar-refractivity contribution is 5.94. The smallest absolute Gasteiger partial charge is 0.251 e. The Balaban J connectivity index is 1.28. The molecule has 15 heteroatoms. The topological polar surface area (TPSA) is 196 Å². The molecule has 0 spiro atoms. The first-order valence-corrected chi connectivity index (χ1v) is 20.2. The Morgan fingerprint density at radius 2 is 1.72 bits per heavy atom. The summed E-state index contributed by atoms with van der Waals surface area (Å²) in [6.45, 7) is 1.88. The molecule has 15 nitrogen and oxygen atoms in total. The largest absolute Gasteiger partial charge is 0.491 e. The molecule has 0 aromatic heterocycles. The van der Waals surface area contributed by atoms with Crippen LogP contribution >= 0.6 is 0 Å². The Morgan fingerprint density at radius 3 is 2.44 bits per heavy atom. The Bertz CT molecular complexity index is 1700. The van der Waals surface area contributed by atoms with Crippen LogP contribution < -0.4 is 26.0 Å². The van der Waals surface area contributed by atoms with Crippen LogP contribution in [0.2, 0.25) is 0 Å². The van der Waals surface area contributed by atoms with E-state index in [0.717, 1.165) is 37.7 Å². The first-order chi connectivity index (χ1) is 27.4. The molecule has 2 unspecified atom stereocenters. The van der Waals surface area contributed by atoms with E-state index >= 15 is 0 Å². The van der Waals surface area contributed by atoms with Crippen LogP contribution in [-0.4, -0.2) is 121 Å². The van der Waals surface area contributed by atoms with Crippen molar-refractivity contribution in [3.8, 4) is 5.75 Å². The molecule has 2 aliphatic heterocycles. The van der Waals surface area contributed by atoms with E-state index in [-0.39, 0.29) is 62.7 Å². The minimum absolute atomic E-state index is 0.0889. The zero-order valence-corrected chi connectivity index (χ0v) is 33.2. The van der Waals surface area contributed by atoms with Gasteiger partial charge in [-0.25, -0.2) is 0 Å². The van der Waals surface area contributed by atoms with Crippen LogP contribution in [0, 0.1) is 5.92 Å². The SMILES string of the molecule is CCCC(NC(=O)[C@@H]1C[C@@H]2CN1C(=O)[C@H](C1CCCCC1)NC(=O)CCc1cccc(c1)OCCO2)C(O)C(=O)NCC(=O)N[C@H](C(=O)N(C)C)c1ccccc1. The number of aliphatic hydroxyl groups excluding tert-OH is 1. The second-order valence-electron chi connectivity index (χ2n) is 15.4. The number of carbonyl (C=O) groups excluding carboxylic acids is 6. The normalized spacial score (nSPS) is 22.2. The summed E-state index contributed by atoms with van der Waals surface area (Å²) in [5.41, 5.74) is 1.50. The average Bonchev–Trinajstić information content (AvgIpc) is 3.66. The summed E-state index contributed by atoms with van der Waals surface area (Å²) in [6, 6.07) is 12.4. The number of hydrogen-bond donors (Lipinski definition) is 5. The lowest BCUT2D eigenvalue weighted by Gasteiger charge is -2.35. The standard InChI is InChI=1S/C42H58N6O9/c1-4-12-32(38(51)40(53)43-25-35(50)46-36(41(54)47(2)3)28-14-7-5-8-15-28)44-39(52)33-24-31-26-48(33)42(55)37(29-16-9-6-10-17-29)45-34(49)20-19-27-13-11-18-30(23-27)56-21-22-57-31/h5,7-8,11,13-15,18,23,29,31-33,36-38,51H,4,6,9-10,12,16-17,19-22,24-26H2,1-3H3,(H,43,53)(H,44,52)(H,45,49)(H,46,50)/t31-,32?,33+,36+,37+,38?/m1/s1. The molecule has 5 N–H and O–H groups in total. The van der Waals surface area contributed by atoms with E-state index in [4.69, 9.17) is 9.47 Å². The minimum Gasteiger partial charge on any atom is -0.491 e. The van der Waals surface area contributed by atoms with Gasteiger partial charge in [0.1, 0.15) is 30.5 Å². The Kier molecular flexibility index (Phi) is 15.8. The maximum atomic E-state index is 14.5. The molecule has 57 heavy (non-hydrogen) atoms. The fourth-order valence-electron chi connectivity index (χ4n) is 7.86. The van der Waals surface area contributed by atoms with Gasteiger partial charge in [-0.05, 0) is 54.9 Å². The van der Waals surface area contributed by atoms with Crippen molar-refractivity contribution < 1.29 is 43.3 Å². The first kappa shape index (κ1) is 43.1. The predicted molar refractivity (Wildman–Crippen MR) is 210 cm³/mol.